The fourth-order valence-electron chi connectivity index (χ4n) is 2.51. The van der Waals surface area contributed by atoms with Crippen molar-refractivity contribution in [2.24, 2.45) is 5.92 Å². The Morgan fingerprint density at radius 3 is 2.52 bits per heavy atom. The van der Waals surface area contributed by atoms with Gasteiger partial charge in [-0.1, -0.05) is 11.8 Å². The van der Waals surface area contributed by atoms with E-state index in [2.05, 4.69) is 11.2 Å². The number of rotatable bonds is 0. The van der Waals surface area contributed by atoms with Crippen LogP contribution in [0, 0.1) is 29.4 Å². The van der Waals surface area contributed by atoms with Gasteiger partial charge in [0.05, 0.1) is 11.3 Å². The molecule has 2 amide bonds. The summed E-state index contributed by atoms with van der Waals surface area (Å²) in [4.78, 5) is 12.2. The number of benzene rings is 1. The normalized spacial score (nSPS) is 23.7. The van der Waals surface area contributed by atoms with Gasteiger partial charge in [-0.2, -0.15) is 13.2 Å². The SMILES string of the molecule is CN1C(=O)Nc2ccc(F)c(F)c2C1(C#CC1CC1)C(F)(F)F. The summed E-state index contributed by atoms with van der Waals surface area (Å²) in [5.74, 6) is 1.14. The van der Waals surface area contributed by atoms with Crippen LogP contribution >= 0.6 is 0 Å². The van der Waals surface area contributed by atoms with Crippen molar-refractivity contribution in [2.45, 2.75) is 24.6 Å². The number of carbonyl (C=O) groups excluding carboxylic acids is 1. The number of nitrogens with zero attached hydrogens (tertiary/aromatic N) is 1. The third kappa shape index (κ3) is 2.22. The Kier molecular flexibility index (Phi) is 3.29. The molecule has 0 spiro atoms. The van der Waals surface area contributed by atoms with Crippen molar-refractivity contribution in [3.63, 3.8) is 0 Å². The third-order valence-corrected chi connectivity index (χ3v) is 3.95. The van der Waals surface area contributed by atoms with Gasteiger partial charge in [-0.15, -0.1) is 0 Å². The molecule has 1 fully saturated rings. The Morgan fingerprint density at radius 1 is 1.30 bits per heavy atom. The van der Waals surface area contributed by atoms with Crippen molar-refractivity contribution < 1.29 is 26.7 Å². The van der Waals surface area contributed by atoms with E-state index in [4.69, 9.17) is 0 Å². The van der Waals surface area contributed by atoms with Crippen molar-refractivity contribution in [1.29, 1.82) is 0 Å². The number of urea groups is 1. The van der Waals surface area contributed by atoms with Gasteiger partial charge in [0.1, 0.15) is 0 Å². The zero-order valence-electron chi connectivity index (χ0n) is 11.9. The van der Waals surface area contributed by atoms with E-state index >= 15 is 0 Å². The fourth-order valence-corrected chi connectivity index (χ4v) is 2.51. The minimum atomic E-state index is -5.11. The standard InChI is InChI=1S/C15H11F5N2O/c1-22-13(23)21-10-5-4-9(16)12(17)11(10)14(22,15(18,19)20)7-6-8-2-3-8/h4-5,8H,2-3H2,1H3,(H,21,23). The molecule has 1 aromatic carbocycles. The first-order chi connectivity index (χ1) is 10.7. The van der Waals surface area contributed by atoms with Crippen LogP contribution in [0.2, 0.25) is 0 Å². The van der Waals surface area contributed by atoms with Gasteiger partial charge in [0.15, 0.2) is 11.6 Å². The quantitative estimate of drug-likeness (QED) is 0.572. The average Bonchev–Trinajstić information content (AvgIpc) is 3.27. The topological polar surface area (TPSA) is 32.3 Å². The van der Waals surface area contributed by atoms with E-state index in [1.54, 1.807) is 0 Å². The Hall–Kier alpha value is -2.30. The second kappa shape index (κ2) is 4.85. The number of amides is 2. The van der Waals surface area contributed by atoms with Crippen LogP contribution in [0.15, 0.2) is 12.1 Å². The minimum absolute atomic E-state index is 0.215. The number of halogens is 5. The number of alkyl halides is 3. The van der Waals surface area contributed by atoms with Crippen molar-refractivity contribution in [1.82, 2.24) is 4.90 Å². The molecule has 0 aromatic heterocycles. The molecule has 2 aliphatic rings. The first-order valence-electron chi connectivity index (χ1n) is 6.81. The van der Waals surface area contributed by atoms with Crippen molar-refractivity contribution >= 4 is 11.7 Å². The summed E-state index contributed by atoms with van der Waals surface area (Å²) in [5, 5.41) is 2.12. The van der Waals surface area contributed by atoms with Crippen LogP contribution in [0.3, 0.4) is 0 Å². The molecule has 1 aromatic rings. The second-order valence-corrected chi connectivity index (χ2v) is 5.52. The summed E-state index contributed by atoms with van der Waals surface area (Å²) in [6, 6.07) is 0.471. The summed E-state index contributed by atoms with van der Waals surface area (Å²) in [7, 11) is 0.859. The van der Waals surface area contributed by atoms with Gasteiger partial charge in [-0.25, -0.2) is 13.6 Å². The van der Waals surface area contributed by atoms with Crippen LogP contribution in [0.1, 0.15) is 18.4 Å². The van der Waals surface area contributed by atoms with E-state index in [0.29, 0.717) is 18.9 Å². The molecule has 1 atom stereocenters. The van der Waals surface area contributed by atoms with Gasteiger partial charge in [0, 0.05) is 13.0 Å². The molecule has 0 saturated heterocycles. The largest absolute Gasteiger partial charge is 0.427 e. The predicted octanol–water partition coefficient (Wildman–Crippen LogP) is 3.61. The lowest BCUT2D eigenvalue weighted by Crippen LogP contribution is -2.60. The fraction of sp³-hybridized carbons (Fsp3) is 0.400. The van der Waals surface area contributed by atoms with Crippen LogP contribution < -0.4 is 5.32 Å². The number of anilines is 1. The monoisotopic (exact) mass is 330 g/mol. The first kappa shape index (κ1) is 15.6. The Bertz CT molecular complexity index is 745. The van der Waals surface area contributed by atoms with E-state index < -0.39 is 40.6 Å². The molecule has 1 unspecified atom stereocenters. The van der Waals surface area contributed by atoms with Crippen molar-refractivity contribution in [3.05, 3.63) is 29.3 Å². The van der Waals surface area contributed by atoms with Crippen molar-refractivity contribution in [2.75, 3.05) is 12.4 Å². The Morgan fingerprint density at radius 2 is 1.96 bits per heavy atom. The smallest absolute Gasteiger partial charge is 0.307 e. The molecule has 1 aliphatic heterocycles. The maximum atomic E-state index is 14.2. The Labute approximate surface area is 128 Å². The zero-order valence-corrected chi connectivity index (χ0v) is 11.9. The van der Waals surface area contributed by atoms with Gasteiger partial charge < -0.3 is 5.32 Å². The van der Waals surface area contributed by atoms with E-state index in [-0.39, 0.29) is 10.8 Å². The molecule has 1 saturated carbocycles. The molecule has 1 N–H and O–H groups in total. The predicted molar refractivity (Wildman–Crippen MR) is 71.4 cm³/mol. The second-order valence-electron chi connectivity index (χ2n) is 5.52. The molecule has 0 bridgehead atoms. The molecular weight excluding hydrogens is 319 g/mol. The van der Waals surface area contributed by atoms with Gasteiger partial charge in [-0.3, -0.25) is 4.90 Å². The summed E-state index contributed by atoms with van der Waals surface area (Å²) >= 11 is 0. The van der Waals surface area contributed by atoms with Gasteiger partial charge in [-0.05, 0) is 25.0 Å². The lowest BCUT2D eigenvalue weighted by atomic mass is 9.84. The maximum absolute atomic E-state index is 14.2. The highest BCUT2D eigenvalue weighted by Crippen LogP contribution is 2.49. The summed E-state index contributed by atoms with van der Waals surface area (Å²) in [6.45, 7) is 0. The molecule has 23 heavy (non-hydrogen) atoms. The van der Waals surface area contributed by atoms with E-state index in [9.17, 15) is 26.7 Å². The number of hydrogen-bond donors (Lipinski definition) is 1. The lowest BCUT2D eigenvalue weighted by Gasteiger charge is -2.43. The van der Waals surface area contributed by atoms with E-state index in [0.717, 1.165) is 13.1 Å². The lowest BCUT2D eigenvalue weighted by molar-refractivity contribution is -0.204. The maximum Gasteiger partial charge on any atom is 0.427 e. The van der Waals surface area contributed by atoms with Crippen LogP contribution in [-0.4, -0.2) is 24.2 Å². The highest BCUT2D eigenvalue weighted by molar-refractivity contribution is 5.94. The van der Waals surface area contributed by atoms with Crippen LogP contribution in [0.25, 0.3) is 0 Å². The minimum Gasteiger partial charge on any atom is -0.307 e. The number of nitrogens with one attached hydrogen (secondary N) is 1. The van der Waals surface area contributed by atoms with Gasteiger partial charge in [0.2, 0.25) is 5.54 Å². The van der Waals surface area contributed by atoms with E-state index in [1.807, 2.05) is 5.92 Å². The molecule has 3 rings (SSSR count). The molecule has 1 aliphatic carbocycles. The van der Waals surface area contributed by atoms with E-state index in [1.165, 1.54) is 0 Å². The summed E-state index contributed by atoms with van der Waals surface area (Å²) in [5.41, 5.74) is -4.67. The van der Waals surface area contributed by atoms with Crippen LogP contribution in [0.5, 0.6) is 0 Å². The number of fused-ring (bicyclic) bond motifs is 1. The number of carbonyl (C=O) groups is 1. The number of hydrogen-bond acceptors (Lipinski definition) is 1. The van der Waals surface area contributed by atoms with Crippen molar-refractivity contribution in [3.8, 4) is 11.8 Å². The zero-order chi connectivity index (χ0) is 17.0. The Balaban J connectivity index is 2.35. The summed E-state index contributed by atoms with van der Waals surface area (Å²) < 4.78 is 69.4. The third-order valence-electron chi connectivity index (χ3n) is 3.95. The molecular formula is C15H11F5N2O. The molecule has 8 heteroatoms. The van der Waals surface area contributed by atoms with Gasteiger partial charge >= 0.3 is 12.2 Å². The highest BCUT2D eigenvalue weighted by Gasteiger charge is 2.64. The first-order valence-corrected chi connectivity index (χ1v) is 6.81. The average molecular weight is 330 g/mol. The summed E-state index contributed by atoms with van der Waals surface area (Å²) in [6.07, 6.45) is -3.81. The molecule has 3 nitrogen and oxygen atoms in total. The van der Waals surface area contributed by atoms with Gasteiger partial charge in [0.25, 0.3) is 0 Å². The highest BCUT2D eigenvalue weighted by atomic mass is 19.4. The molecule has 122 valence electrons. The van der Waals surface area contributed by atoms with Crippen LogP contribution in [-0.2, 0) is 5.54 Å². The molecule has 0 radical (unpaired) electrons. The van der Waals surface area contributed by atoms with Crippen LogP contribution in [0.4, 0.5) is 32.4 Å². The molecule has 1 heterocycles.